The van der Waals surface area contributed by atoms with Crippen molar-refractivity contribution in [2.24, 2.45) is 0 Å². The Morgan fingerprint density at radius 3 is 3.08 bits per heavy atom. The average Bonchev–Trinajstić information content (AvgIpc) is 2.05. The van der Waals surface area contributed by atoms with Crippen LogP contribution in [0.15, 0.2) is 18.2 Å². The van der Waals surface area contributed by atoms with Crippen LogP contribution < -0.4 is 10.6 Å². The lowest BCUT2D eigenvalue weighted by atomic mass is 10.1. The molecule has 0 aliphatic carbocycles. The van der Waals surface area contributed by atoms with Crippen LogP contribution in [0.5, 0.6) is 0 Å². The van der Waals surface area contributed by atoms with Crippen LogP contribution in [0, 0.1) is 3.57 Å². The number of carbonyl (C=O) groups excluding carboxylic acids is 1. The zero-order valence-electron chi connectivity index (χ0n) is 6.23. The number of hydrogen-bond donors (Lipinski definition) is 2. The van der Waals surface area contributed by atoms with Crippen molar-refractivity contribution in [1.29, 1.82) is 0 Å². The summed E-state index contributed by atoms with van der Waals surface area (Å²) in [5.41, 5.74) is 2.06. The third kappa shape index (κ3) is 1.38. The van der Waals surface area contributed by atoms with Gasteiger partial charge in [-0.05, 0) is 46.4 Å². The van der Waals surface area contributed by atoms with E-state index >= 15 is 0 Å². The molecule has 0 unspecified atom stereocenters. The molecule has 1 heterocycles. The van der Waals surface area contributed by atoms with Crippen LogP contribution in [-0.2, 0) is 6.54 Å². The van der Waals surface area contributed by atoms with Gasteiger partial charge in [0.05, 0.1) is 0 Å². The van der Waals surface area contributed by atoms with Gasteiger partial charge >= 0.3 is 6.03 Å². The van der Waals surface area contributed by atoms with Gasteiger partial charge in [0, 0.05) is 15.8 Å². The van der Waals surface area contributed by atoms with Crippen molar-refractivity contribution in [3.8, 4) is 0 Å². The fourth-order valence-corrected chi connectivity index (χ4v) is 1.73. The second-order valence-corrected chi connectivity index (χ2v) is 3.85. The van der Waals surface area contributed by atoms with E-state index in [1.165, 1.54) is 3.57 Å². The van der Waals surface area contributed by atoms with Gasteiger partial charge in [-0.25, -0.2) is 4.79 Å². The highest BCUT2D eigenvalue weighted by molar-refractivity contribution is 14.1. The topological polar surface area (TPSA) is 41.1 Å². The highest BCUT2D eigenvalue weighted by Gasteiger charge is 2.12. The Hall–Kier alpha value is -0.780. The molecule has 2 rings (SSSR count). The number of urea groups is 1. The summed E-state index contributed by atoms with van der Waals surface area (Å²) in [6.45, 7) is 0.623. The van der Waals surface area contributed by atoms with Gasteiger partial charge in [-0.15, -0.1) is 0 Å². The quantitative estimate of drug-likeness (QED) is 0.697. The molecule has 0 spiro atoms. The summed E-state index contributed by atoms with van der Waals surface area (Å²) in [6, 6.07) is 5.84. The maximum atomic E-state index is 10.9. The number of carbonyl (C=O) groups is 1. The van der Waals surface area contributed by atoms with Crippen LogP contribution in [0.3, 0.4) is 0 Å². The molecule has 2 amide bonds. The molecule has 0 saturated heterocycles. The molecule has 1 aliphatic heterocycles. The van der Waals surface area contributed by atoms with Crippen LogP contribution in [0.1, 0.15) is 5.56 Å². The van der Waals surface area contributed by atoms with Crippen molar-refractivity contribution in [3.05, 3.63) is 27.3 Å². The Labute approximate surface area is 83.7 Å². The third-order valence-corrected chi connectivity index (χ3v) is 2.43. The van der Waals surface area contributed by atoms with Gasteiger partial charge in [0.2, 0.25) is 0 Å². The second kappa shape index (κ2) is 2.93. The molecule has 2 N–H and O–H groups in total. The standard InChI is InChI=1S/C8H7IN2O/c9-6-1-2-7-5(3-6)4-10-8(12)11-7/h1-3H,4H2,(H2,10,11,12). The smallest absolute Gasteiger partial charge is 0.319 e. The summed E-state index contributed by atoms with van der Waals surface area (Å²) in [5.74, 6) is 0. The lowest BCUT2D eigenvalue weighted by Gasteiger charge is -2.17. The van der Waals surface area contributed by atoms with Crippen LogP contribution in [0.25, 0.3) is 0 Å². The molecule has 0 radical (unpaired) electrons. The number of hydrogen-bond acceptors (Lipinski definition) is 1. The third-order valence-electron chi connectivity index (χ3n) is 1.75. The molecular formula is C8H7IN2O. The average molecular weight is 274 g/mol. The van der Waals surface area contributed by atoms with Crippen LogP contribution >= 0.6 is 22.6 Å². The van der Waals surface area contributed by atoms with E-state index in [9.17, 15) is 4.79 Å². The van der Waals surface area contributed by atoms with Gasteiger partial charge in [-0.1, -0.05) is 0 Å². The van der Waals surface area contributed by atoms with Crippen molar-refractivity contribution in [2.75, 3.05) is 5.32 Å². The second-order valence-electron chi connectivity index (χ2n) is 2.61. The van der Waals surface area contributed by atoms with Crippen LogP contribution in [-0.4, -0.2) is 6.03 Å². The summed E-state index contributed by atoms with van der Waals surface area (Å²) < 4.78 is 1.18. The first-order valence-electron chi connectivity index (χ1n) is 3.59. The zero-order valence-corrected chi connectivity index (χ0v) is 8.38. The maximum absolute atomic E-state index is 10.9. The maximum Gasteiger partial charge on any atom is 0.319 e. The van der Waals surface area contributed by atoms with Gasteiger partial charge in [0.25, 0.3) is 0 Å². The van der Waals surface area contributed by atoms with Crippen molar-refractivity contribution in [3.63, 3.8) is 0 Å². The largest absolute Gasteiger partial charge is 0.334 e. The van der Waals surface area contributed by atoms with E-state index in [4.69, 9.17) is 0 Å². The Morgan fingerprint density at radius 2 is 2.25 bits per heavy atom. The van der Waals surface area contributed by atoms with Gasteiger partial charge < -0.3 is 10.6 Å². The molecule has 0 fully saturated rings. The Bertz CT molecular complexity index is 338. The molecule has 0 bridgehead atoms. The molecule has 12 heavy (non-hydrogen) atoms. The number of amides is 2. The highest BCUT2D eigenvalue weighted by Crippen LogP contribution is 2.20. The normalized spacial score (nSPS) is 14.6. The number of rotatable bonds is 0. The van der Waals surface area contributed by atoms with Gasteiger partial charge in [-0.3, -0.25) is 0 Å². The predicted octanol–water partition coefficient (Wildman–Crippen LogP) is 1.93. The monoisotopic (exact) mass is 274 g/mol. The summed E-state index contributed by atoms with van der Waals surface area (Å²) in [7, 11) is 0. The van der Waals surface area contributed by atoms with E-state index in [1.807, 2.05) is 12.1 Å². The molecule has 0 saturated carbocycles. The number of nitrogens with one attached hydrogen (secondary N) is 2. The minimum Gasteiger partial charge on any atom is -0.334 e. The molecular weight excluding hydrogens is 267 g/mol. The first kappa shape index (κ1) is 7.85. The predicted molar refractivity (Wildman–Crippen MR) is 55.0 cm³/mol. The van der Waals surface area contributed by atoms with Gasteiger partial charge in [-0.2, -0.15) is 0 Å². The SMILES string of the molecule is O=C1NCc2cc(I)ccc2N1. The number of anilines is 1. The lowest BCUT2D eigenvalue weighted by molar-refractivity contribution is 0.251. The van der Waals surface area contributed by atoms with E-state index in [1.54, 1.807) is 0 Å². The Balaban J connectivity index is 2.43. The molecule has 1 aliphatic rings. The molecule has 4 heteroatoms. The van der Waals surface area contributed by atoms with Crippen LogP contribution in [0.2, 0.25) is 0 Å². The minimum atomic E-state index is -0.122. The summed E-state index contributed by atoms with van der Waals surface area (Å²) >= 11 is 2.25. The highest BCUT2D eigenvalue weighted by atomic mass is 127. The van der Waals surface area contributed by atoms with E-state index < -0.39 is 0 Å². The molecule has 3 nitrogen and oxygen atoms in total. The number of fused-ring (bicyclic) bond motifs is 1. The summed E-state index contributed by atoms with van der Waals surface area (Å²) in [6.07, 6.45) is 0. The van der Waals surface area contributed by atoms with Gasteiger partial charge in [0.1, 0.15) is 0 Å². The molecule has 0 aromatic heterocycles. The Morgan fingerprint density at radius 1 is 1.42 bits per heavy atom. The number of benzene rings is 1. The first-order valence-corrected chi connectivity index (χ1v) is 4.67. The van der Waals surface area contributed by atoms with Crippen LogP contribution in [0.4, 0.5) is 10.5 Å². The zero-order chi connectivity index (χ0) is 8.55. The minimum absolute atomic E-state index is 0.122. The molecule has 1 aromatic carbocycles. The molecule has 0 atom stereocenters. The Kier molecular flexibility index (Phi) is 1.92. The van der Waals surface area contributed by atoms with Gasteiger partial charge in [0.15, 0.2) is 0 Å². The van der Waals surface area contributed by atoms with E-state index in [-0.39, 0.29) is 6.03 Å². The fraction of sp³-hybridized carbons (Fsp3) is 0.125. The van der Waals surface area contributed by atoms with Crippen molar-refractivity contribution in [1.82, 2.24) is 5.32 Å². The fourth-order valence-electron chi connectivity index (χ4n) is 1.17. The van der Waals surface area contributed by atoms with Crippen molar-refractivity contribution >= 4 is 34.3 Å². The summed E-state index contributed by atoms with van der Waals surface area (Å²) in [4.78, 5) is 10.9. The van der Waals surface area contributed by atoms with E-state index in [2.05, 4.69) is 39.3 Å². The van der Waals surface area contributed by atoms with E-state index in [0.29, 0.717) is 6.54 Å². The first-order chi connectivity index (χ1) is 5.75. The summed E-state index contributed by atoms with van der Waals surface area (Å²) in [5, 5.41) is 5.45. The molecule has 1 aromatic rings. The number of halogens is 1. The van der Waals surface area contributed by atoms with Crippen molar-refractivity contribution in [2.45, 2.75) is 6.54 Å². The van der Waals surface area contributed by atoms with Crippen molar-refractivity contribution < 1.29 is 4.79 Å². The van der Waals surface area contributed by atoms with E-state index in [0.717, 1.165) is 11.3 Å². The lowest BCUT2D eigenvalue weighted by Crippen LogP contribution is -2.33. The molecule has 62 valence electrons.